The SMILES string of the molecule is Cc1cc(C2CCCN2CC(=O)Nc2ccc(S(C)(=O)=O)cc2)no1. The number of anilines is 1. The molecule has 0 radical (unpaired) electrons. The lowest BCUT2D eigenvalue weighted by Gasteiger charge is -2.21. The standard InChI is InChI=1S/C17H21N3O4S/c1-12-10-15(19-24-12)16-4-3-9-20(16)11-17(21)18-13-5-7-14(8-6-13)25(2,22)23/h5-8,10,16H,3-4,9,11H2,1-2H3,(H,18,21). The number of amides is 1. The summed E-state index contributed by atoms with van der Waals surface area (Å²) < 4.78 is 28.1. The van der Waals surface area contributed by atoms with E-state index in [2.05, 4.69) is 15.4 Å². The van der Waals surface area contributed by atoms with Crippen LogP contribution in [-0.4, -0.2) is 43.7 Å². The van der Waals surface area contributed by atoms with Crippen molar-refractivity contribution in [2.75, 3.05) is 24.7 Å². The molecule has 1 fully saturated rings. The molecule has 2 aromatic rings. The second-order valence-corrected chi connectivity index (χ2v) is 8.35. The molecule has 0 spiro atoms. The molecule has 2 heterocycles. The Morgan fingerprint density at radius 3 is 2.68 bits per heavy atom. The van der Waals surface area contributed by atoms with E-state index in [-0.39, 0.29) is 23.4 Å². The minimum Gasteiger partial charge on any atom is -0.361 e. The Balaban J connectivity index is 1.62. The summed E-state index contributed by atoms with van der Waals surface area (Å²) >= 11 is 0. The van der Waals surface area contributed by atoms with Crippen LogP contribution in [0, 0.1) is 6.92 Å². The Kier molecular flexibility index (Phi) is 4.91. The minimum absolute atomic E-state index is 0.0933. The maximum Gasteiger partial charge on any atom is 0.238 e. The summed E-state index contributed by atoms with van der Waals surface area (Å²) in [5, 5.41) is 6.87. The van der Waals surface area contributed by atoms with Crippen molar-refractivity contribution in [2.24, 2.45) is 0 Å². The number of likely N-dealkylation sites (tertiary alicyclic amines) is 1. The third kappa shape index (κ3) is 4.26. The normalized spacial score (nSPS) is 18.4. The van der Waals surface area contributed by atoms with E-state index in [0.717, 1.165) is 37.1 Å². The molecule has 134 valence electrons. The molecule has 1 unspecified atom stereocenters. The molecule has 3 rings (SSSR count). The summed E-state index contributed by atoms with van der Waals surface area (Å²) in [4.78, 5) is 14.6. The molecule has 0 bridgehead atoms. The molecule has 1 aliphatic rings. The minimum atomic E-state index is -3.24. The smallest absolute Gasteiger partial charge is 0.238 e. The van der Waals surface area contributed by atoms with Crippen LogP contribution in [0.3, 0.4) is 0 Å². The maximum absolute atomic E-state index is 12.3. The van der Waals surface area contributed by atoms with E-state index in [1.165, 1.54) is 12.1 Å². The molecular formula is C17H21N3O4S. The van der Waals surface area contributed by atoms with E-state index < -0.39 is 9.84 Å². The summed E-state index contributed by atoms with van der Waals surface area (Å²) in [5.74, 6) is 0.622. The van der Waals surface area contributed by atoms with Gasteiger partial charge in [-0.2, -0.15) is 0 Å². The topological polar surface area (TPSA) is 92.5 Å². The number of carbonyl (C=O) groups is 1. The number of rotatable bonds is 5. The number of carbonyl (C=O) groups excluding carboxylic acids is 1. The van der Waals surface area contributed by atoms with Gasteiger partial charge >= 0.3 is 0 Å². The molecule has 0 aliphatic carbocycles. The Hall–Kier alpha value is -2.19. The first kappa shape index (κ1) is 17.6. The number of nitrogens with one attached hydrogen (secondary N) is 1. The van der Waals surface area contributed by atoms with Crippen LogP contribution < -0.4 is 5.32 Å². The highest BCUT2D eigenvalue weighted by molar-refractivity contribution is 7.90. The first-order chi connectivity index (χ1) is 11.8. The zero-order valence-electron chi connectivity index (χ0n) is 14.2. The first-order valence-corrected chi connectivity index (χ1v) is 9.99. The van der Waals surface area contributed by atoms with E-state index in [4.69, 9.17) is 4.52 Å². The number of benzene rings is 1. The quantitative estimate of drug-likeness (QED) is 0.875. The summed E-state index contributed by atoms with van der Waals surface area (Å²) in [6.45, 7) is 2.93. The van der Waals surface area contributed by atoms with Gasteiger partial charge in [-0.25, -0.2) is 8.42 Å². The summed E-state index contributed by atoms with van der Waals surface area (Å²) in [6.07, 6.45) is 3.11. The van der Waals surface area contributed by atoms with Gasteiger partial charge in [0.2, 0.25) is 5.91 Å². The second-order valence-electron chi connectivity index (χ2n) is 6.34. The Labute approximate surface area is 146 Å². The maximum atomic E-state index is 12.3. The fraction of sp³-hybridized carbons (Fsp3) is 0.412. The monoisotopic (exact) mass is 363 g/mol. The fourth-order valence-corrected chi connectivity index (χ4v) is 3.69. The van der Waals surface area contributed by atoms with E-state index in [9.17, 15) is 13.2 Å². The van der Waals surface area contributed by atoms with Gasteiger partial charge in [0.25, 0.3) is 0 Å². The number of hydrogen-bond acceptors (Lipinski definition) is 6. The lowest BCUT2D eigenvalue weighted by Crippen LogP contribution is -2.33. The van der Waals surface area contributed by atoms with E-state index in [1.54, 1.807) is 12.1 Å². The summed E-state index contributed by atoms with van der Waals surface area (Å²) in [7, 11) is -3.24. The van der Waals surface area contributed by atoms with Crippen molar-refractivity contribution < 1.29 is 17.7 Å². The highest BCUT2D eigenvalue weighted by Gasteiger charge is 2.29. The first-order valence-electron chi connectivity index (χ1n) is 8.10. The van der Waals surface area contributed by atoms with Crippen LogP contribution in [0.4, 0.5) is 5.69 Å². The van der Waals surface area contributed by atoms with Crippen LogP contribution in [0.15, 0.2) is 39.8 Å². The fourth-order valence-electron chi connectivity index (χ4n) is 3.06. The number of hydrogen-bond donors (Lipinski definition) is 1. The molecular weight excluding hydrogens is 342 g/mol. The highest BCUT2D eigenvalue weighted by atomic mass is 32.2. The average Bonchev–Trinajstić information content (AvgIpc) is 3.15. The molecule has 1 aliphatic heterocycles. The zero-order valence-corrected chi connectivity index (χ0v) is 15.0. The lowest BCUT2D eigenvalue weighted by molar-refractivity contribution is -0.117. The predicted molar refractivity (Wildman–Crippen MR) is 93.0 cm³/mol. The second kappa shape index (κ2) is 6.97. The van der Waals surface area contributed by atoms with E-state index in [0.29, 0.717) is 5.69 Å². The molecule has 1 amide bonds. The van der Waals surface area contributed by atoms with Crippen molar-refractivity contribution in [3.8, 4) is 0 Å². The van der Waals surface area contributed by atoms with Gasteiger partial charge in [0.1, 0.15) is 11.5 Å². The molecule has 0 saturated carbocycles. The molecule has 1 aromatic heterocycles. The van der Waals surface area contributed by atoms with Crippen LogP contribution in [0.2, 0.25) is 0 Å². The van der Waals surface area contributed by atoms with Crippen LogP contribution in [0.25, 0.3) is 0 Å². The third-order valence-electron chi connectivity index (χ3n) is 4.26. The third-order valence-corrected chi connectivity index (χ3v) is 5.39. The van der Waals surface area contributed by atoms with Gasteiger partial charge in [-0.1, -0.05) is 5.16 Å². The van der Waals surface area contributed by atoms with Gasteiger partial charge in [-0.3, -0.25) is 9.69 Å². The van der Waals surface area contributed by atoms with Crippen molar-refractivity contribution in [3.05, 3.63) is 41.8 Å². The predicted octanol–water partition coefficient (Wildman–Crippen LogP) is 2.16. The molecule has 1 aromatic carbocycles. The Morgan fingerprint density at radius 2 is 2.08 bits per heavy atom. The number of nitrogens with zero attached hydrogens (tertiary/aromatic N) is 2. The van der Waals surface area contributed by atoms with Crippen molar-refractivity contribution in [1.82, 2.24) is 10.1 Å². The highest BCUT2D eigenvalue weighted by Crippen LogP contribution is 2.31. The van der Waals surface area contributed by atoms with Gasteiger partial charge < -0.3 is 9.84 Å². The van der Waals surface area contributed by atoms with Crippen LogP contribution >= 0.6 is 0 Å². The van der Waals surface area contributed by atoms with Crippen molar-refractivity contribution >= 4 is 21.4 Å². The van der Waals surface area contributed by atoms with Crippen molar-refractivity contribution in [3.63, 3.8) is 0 Å². The van der Waals surface area contributed by atoms with Gasteiger partial charge in [0, 0.05) is 18.0 Å². The van der Waals surface area contributed by atoms with Crippen LogP contribution in [0.5, 0.6) is 0 Å². The molecule has 1 saturated heterocycles. The number of aryl methyl sites for hydroxylation is 1. The van der Waals surface area contributed by atoms with E-state index >= 15 is 0 Å². The van der Waals surface area contributed by atoms with Crippen molar-refractivity contribution in [1.29, 1.82) is 0 Å². The molecule has 8 heteroatoms. The molecule has 1 N–H and O–H groups in total. The van der Waals surface area contributed by atoms with Gasteiger partial charge in [0.15, 0.2) is 9.84 Å². The average molecular weight is 363 g/mol. The van der Waals surface area contributed by atoms with Crippen molar-refractivity contribution in [2.45, 2.75) is 30.7 Å². The molecule has 25 heavy (non-hydrogen) atoms. The summed E-state index contributed by atoms with van der Waals surface area (Å²) in [6, 6.07) is 8.16. The van der Waals surface area contributed by atoms with E-state index in [1.807, 2.05) is 13.0 Å². The summed E-state index contributed by atoms with van der Waals surface area (Å²) in [5.41, 5.74) is 1.44. The van der Waals surface area contributed by atoms with Crippen LogP contribution in [0.1, 0.15) is 30.3 Å². The Bertz CT molecular complexity index is 858. The zero-order chi connectivity index (χ0) is 18.0. The molecule has 1 atom stereocenters. The van der Waals surface area contributed by atoms with Crippen LogP contribution in [-0.2, 0) is 14.6 Å². The number of aromatic nitrogens is 1. The Morgan fingerprint density at radius 1 is 1.36 bits per heavy atom. The van der Waals surface area contributed by atoms with Gasteiger partial charge in [-0.05, 0) is 50.6 Å². The van der Waals surface area contributed by atoms with Gasteiger partial charge in [0.05, 0.1) is 17.5 Å². The largest absolute Gasteiger partial charge is 0.361 e. The number of sulfone groups is 1. The lowest BCUT2D eigenvalue weighted by atomic mass is 10.1. The van der Waals surface area contributed by atoms with Gasteiger partial charge in [-0.15, -0.1) is 0 Å². The molecule has 7 nitrogen and oxygen atoms in total.